The van der Waals surface area contributed by atoms with Crippen LogP contribution in [0.25, 0.3) is 11.0 Å². The minimum atomic E-state index is -1.09. The van der Waals surface area contributed by atoms with Gasteiger partial charge in [-0.15, -0.1) is 0 Å². The van der Waals surface area contributed by atoms with Gasteiger partial charge in [-0.1, -0.05) is 13.3 Å². The smallest absolute Gasteiger partial charge is 0.336 e. The Balaban J connectivity index is 2.27. The predicted molar refractivity (Wildman–Crippen MR) is 109 cm³/mol. The molecule has 0 radical (unpaired) electrons. The number of unbranched alkanes of at least 4 members (excludes halogenated alkanes) is 1. The number of nitrogens with one attached hydrogen (secondary N) is 1. The van der Waals surface area contributed by atoms with Crippen LogP contribution in [-0.2, 0) is 16.0 Å². The molecule has 1 atom stereocenters. The topological polar surface area (TPSA) is 106 Å². The summed E-state index contributed by atoms with van der Waals surface area (Å²) in [6.07, 6.45) is 4.33. The summed E-state index contributed by atoms with van der Waals surface area (Å²) in [6.45, 7) is 3.57. The predicted octanol–water partition coefficient (Wildman–Crippen LogP) is 2.76. The van der Waals surface area contributed by atoms with Gasteiger partial charge in [0.15, 0.2) is 6.61 Å². The number of carbonyl (C=O) groups is 2. The Morgan fingerprint density at radius 3 is 2.71 bits per heavy atom. The highest BCUT2D eigenvalue weighted by Gasteiger charge is 2.20. The lowest BCUT2D eigenvalue weighted by molar-refractivity contribution is -0.141. The first-order valence-electron chi connectivity index (χ1n) is 9.07. The summed E-state index contributed by atoms with van der Waals surface area (Å²) < 4.78 is 11.0. The number of aliphatic carboxylic acids is 1. The van der Waals surface area contributed by atoms with E-state index in [0.717, 1.165) is 24.0 Å². The van der Waals surface area contributed by atoms with Crippen LogP contribution in [-0.4, -0.2) is 41.6 Å². The monoisotopic (exact) mass is 407 g/mol. The number of hydrogen-bond donors (Lipinski definition) is 2. The quantitative estimate of drug-likeness (QED) is 0.583. The molecule has 152 valence electrons. The Morgan fingerprint density at radius 1 is 1.32 bits per heavy atom. The van der Waals surface area contributed by atoms with E-state index < -0.39 is 23.5 Å². The lowest BCUT2D eigenvalue weighted by atomic mass is 10.0. The van der Waals surface area contributed by atoms with Crippen LogP contribution in [0, 0.1) is 6.92 Å². The van der Waals surface area contributed by atoms with Crippen LogP contribution >= 0.6 is 11.8 Å². The minimum absolute atomic E-state index is 0.265. The molecular weight excluding hydrogens is 382 g/mol. The van der Waals surface area contributed by atoms with E-state index in [-0.39, 0.29) is 12.4 Å². The number of aryl methyl sites for hydroxylation is 2. The zero-order valence-electron chi connectivity index (χ0n) is 16.2. The molecule has 1 amide bonds. The number of amides is 1. The van der Waals surface area contributed by atoms with Crippen molar-refractivity contribution in [1.29, 1.82) is 0 Å². The zero-order valence-corrected chi connectivity index (χ0v) is 17.1. The van der Waals surface area contributed by atoms with Crippen molar-refractivity contribution in [2.45, 2.75) is 39.2 Å². The summed E-state index contributed by atoms with van der Waals surface area (Å²) in [5.74, 6) is -0.909. The lowest BCUT2D eigenvalue weighted by Crippen LogP contribution is -2.44. The number of carbonyl (C=O) groups excluding carboxylic acids is 1. The minimum Gasteiger partial charge on any atom is -0.483 e. The highest BCUT2D eigenvalue weighted by atomic mass is 32.2. The van der Waals surface area contributed by atoms with E-state index in [1.165, 1.54) is 17.8 Å². The van der Waals surface area contributed by atoms with Crippen molar-refractivity contribution in [2.24, 2.45) is 0 Å². The molecule has 28 heavy (non-hydrogen) atoms. The molecule has 0 unspecified atom stereocenters. The first-order valence-corrected chi connectivity index (χ1v) is 10.5. The normalized spacial score (nSPS) is 12.0. The number of hydrogen-bond acceptors (Lipinski definition) is 6. The molecule has 0 aliphatic carbocycles. The number of fused-ring (bicyclic) bond motifs is 1. The summed E-state index contributed by atoms with van der Waals surface area (Å²) in [4.78, 5) is 35.2. The molecular formula is C20H25NO6S. The number of thioether (sulfide) groups is 1. The summed E-state index contributed by atoms with van der Waals surface area (Å²) >= 11 is 1.33. The molecule has 1 heterocycles. The molecule has 7 nitrogen and oxygen atoms in total. The molecule has 0 saturated carbocycles. The van der Waals surface area contributed by atoms with Gasteiger partial charge < -0.3 is 19.6 Å². The van der Waals surface area contributed by atoms with E-state index in [9.17, 15) is 14.4 Å². The molecule has 2 aromatic rings. The number of rotatable bonds is 10. The number of ether oxygens (including phenoxy) is 1. The van der Waals surface area contributed by atoms with E-state index in [2.05, 4.69) is 12.2 Å². The van der Waals surface area contributed by atoms with Gasteiger partial charge in [0.1, 0.15) is 17.4 Å². The van der Waals surface area contributed by atoms with Crippen LogP contribution < -0.4 is 15.7 Å². The van der Waals surface area contributed by atoms with Crippen LogP contribution in [0.2, 0.25) is 0 Å². The van der Waals surface area contributed by atoms with Crippen LogP contribution in [0.3, 0.4) is 0 Å². The van der Waals surface area contributed by atoms with Crippen molar-refractivity contribution in [3.05, 3.63) is 39.7 Å². The maximum absolute atomic E-state index is 12.2. The van der Waals surface area contributed by atoms with Crippen molar-refractivity contribution in [1.82, 2.24) is 5.32 Å². The molecule has 0 saturated heterocycles. The van der Waals surface area contributed by atoms with Gasteiger partial charge in [-0.25, -0.2) is 9.59 Å². The largest absolute Gasteiger partial charge is 0.483 e. The standard InChI is InChI=1S/C20H25NO6S/c1-4-5-6-13-9-18(23)27-16-8-12(2)7-15(19(13)16)26-10-17(22)21-14(11-28-3)20(24)25/h7-9,14H,4-6,10-11H2,1-3H3,(H,21,22)(H,24,25)/t14-/m0/s1. The number of carboxylic acids is 1. The van der Waals surface area contributed by atoms with E-state index >= 15 is 0 Å². The third-order valence-electron chi connectivity index (χ3n) is 4.16. The van der Waals surface area contributed by atoms with Crippen molar-refractivity contribution >= 4 is 34.6 Å². The van der Waals surface area contributed by atoms with Gasteiger partial charge in [-0.05, 0) is 49.3 Å². The molecule has 1 aromatic carbocycles. The van der Waals surface area contributed by atoms with Crippen LogP contribution in [0.5, 0.6) is 5.75 Å². The second kappa shape index (κ2) is 10.2. The third kappa shape index (κ3) is 5.76. The second-order valence-corrected chi connectivity index (χ2v) is 7.44. The van der Waals surface area contributed by atoms with Gasteiger partial charge in [0.05, 0.1) is 5.39 Å². The Labute approximate surface area is 167 Å². The summed E-state index contributed by atoms with van der Waals surface area (Å²) in [5.41, 5.74) is 1.63. The molecule has 1 aromatic heterocycles. The van der Waals surface area contributed by atoms with Gasteiger partial charge in [0, 0.05) is 11.8 Å². The van der Waals surface area contributed by atoms with Crippen LogP contribution in [0.15, 0.2) is 27.4 Å². The highest BCUT2D eigenvalue weighted by Crippen LogP contribution is 2.30. The lowest BCUT2D eigenvalue weighted by Gasteiger charge is -2.15. The average molecular weight is 407 g/mol. The second-order valence-electron chi connectivity index (χ2n) is 6.53. The molecule has 2 rings (SSSR count). The Hall–Kier alpha value is -2.48. The van der Waals surface area contributed by atoms with Crippen molar-refractivity contribution in [3.63, 3.8) is 0 Å². The van der Waals surface area contributed by atoms with Gasteiger partial charge in [0.2, 0.25) is 0 Å². The first kappa shape index (κ1) is 21.8. The summed E-state index contributed by atoms with van der Waals surface area (Å²) in [6, 6.07) is 4.03. The SMILES string of the molecule is CCCCc1cc(=O)oc2cc(C)cc(OCC(=O)N[C@@H](CSC)C(=O)O)c12. The number of benzene rings is 1. The van der Waals surface area contributed by atoms with E-state index in [4.69, 9.17) is 14.3 Å². The van der Waals surface area contributed by atoms with Crippen molar-refractivity contribution < 1.29 is 23.8 Å². The Morgan fingerprint density at radius 2 is 2.07 bits per heavy atom. The molecule has 0 aliphatic heterocycles. The fourth-order valence-electron chi connectivity index (χ4n) is 2.87. The molecule has 2 N–H and O–H groups in total. The third-order valence-corrected chi connectivity index (χ3v) is 4.83. The first-order chi connectivity index (χ1) is 13.3. The van der Waals surface area contributed by atoms with E-state index in [1.54, 1.807) is 18.4 Å². The highest BCUT2D eigenvalue weighted by molar-refractivity contribution is 7.98. The molecule has 0 spiro atoms. The van der Waals surface area contributed by atoms with Crippen molar-refractivity contribution in [3.8, 4) is 5.75 Å². The van der Waals surface area contributed by atoms with Crippen molar-refractivity contribution in [2.75, 3.05) is 18.6 Å². The summed E-state index contributed by atoms with van der Waals surface area (Å²) in [7, 11) is 0. The summed E-state index contributed by atoms with van der Waals surface area (Å²) in [5, 5.41) is 12.3. The Kier molecular flexibility index (Phi) is 7.92. The molecule has 0 bridgehead atoms. The molecule has 0 aliphatic rings. The maximum atomic E-state index is 12.2. The molecule has 0 fully saturated rings. The van der Waals surface area contributed by atoms with Gasteiger partial charge in [-0.2, -0.15) is 11.8 Å². The van der Waals surface area contributed by atoms with Gasteiger partial charge in [-0.3, -0.25) is 4.79 Å². The zero-order chi connectivity index (χ0) is 20.7. The maximum Gasteiger partial charge on any atom is 0.336 e. The fraction of sp³-hybridized carbons (Fsp3) is 0.450. The Bertz CT molecular complexity index is 907. The van der Waals surface area contributed by atoms with E-state index in [0.29, 0.717) is 23.1 Å². The van der Waals surface area contributed by atoms with E-state index in [1.807, 2.05) is 6.92 Å². The number of carboxylic acid groups (broad SMARTS) is 1. The fourth-order valence-corrected chi connectivity index (χ4v) is 3.43. The molecule has 8 heteroatoms. The van der Waals surface area contributed by atoms with Crippen LogP contribution in [0.1, 0.15) is 30.9 Å². The van der Waals surface area contributed by atoms with Crippen LogP contribution in [0.4, 0.5) is 0 Å². The average Bonchev–Trinajstić information content (AvgIpc) is 2.63. The van der Waals surface area contributed by atoms with Gasteiger partial charge in [0.25, 0.3) is 5.91 Å². The van der Waals surface area contributed by atoms with Gasteiger partial charge >= 0.3 is 11.6 Å².